The maximum atomic E-state index is 14.0. The van der Waals surface area contributed by atoms with Gasteiger partial charge in [0, 0.05) is 0 Å². The Morgan fingerprint density at radius 3 is 1.11 bits per heavy atom. The van der Waals surface area contributed by atoms with Crippen LogP contribution in [0, 0.1) is 0 Å². The van der Waals surface area contributed by atoms with Crippen LogP contribution in [0.2, 0.25) is 0 Å². The van der Waals surface area contributed by atoms with E-state index < -0.39 is 15.6 Å². The average molecular weight is 529 g/mol. The van der Waals surface area contributed by atoms with Crippen LogP contribution in [0.25, 0.3) is 0 Å². The molecule has 0 amide bonds. The Morgan fingerprint density at radius 2 is 0.778 bits per heavy atom. The molecule has 1 atom stereocenters. The molecule has 6 heteroatoms. The van der Waals surface area contributed by atoms with E-state index in [1.807, 2.05) is 0 Å². The zero-order valence-electron chi connectivity index (χ0n) is 23.7. The Bertz CT molecular complexity index is 516. The summed E-state index contributed by atoms with van der Waals surface area (Å²) in [5.74, 6) is 0. The van der Waals surface area contributed by atoms with Gasteiger partial charge in [0.15, 0.2) is 0 Å². The summed E-state index contributed by atoms with van der Waals surface area (Å²) in [6.45, 7) is 4.58. The standard InChI is InChI=1S/C30H61FO3S.Li.H/c1-3-5-7-9-11-12-13-14-15-16-17-18-19-20-21-23-25-27-29-34-35(32,33)30(31)28-26-24-22-10-8-6-4-2;;/h30H,3-29H2,1-2H3;;. The van der Waals surface area contributed by atoms with Crippen LogP contribution >= 0.6 is 0 Å². The van der Waals surface area contributed by atoms with Crippen molar-refractivity contribution in [3.05, 3.63) is 0 Å². The van der Waals surface area contributed by atoms with E-state index in [0.717, 1.165) is 32.1 Å². The third-order valence-corrected chi connectivity index (χ3v) is 8.45. The summed E-state index contributed by atoms with van der Waals surface area (Å²) in [7, 11) is -4.05. The molecule has 0 saturated carbocycles. The first-order valence-electron chi connectivity index (χ1n) is 15.6. The number of hydrogen-bond acceptors (Lipinski definition) is 3. The minimum atomic E-state index is -4.05. The summed E-state index contributed by atoms with van der Waals surface area (Å²) >= 11 is 0. The predicted octanol–water partition coefficient (Wildman–Crippen LogP) is 10.2. The Kier molecular flexibility index (Phi) is 32.1. The fourth-order valence-corrected chi connectivity index (χ4v) is 5.61. The van der Waals surface area contributed by atoms with Crippen molar-refractivity contribution >= 4 is 29.0 Å². The molecule has 0 aromatic rings. The van der Waals surface area contributed by atoms with Gasteiger partial charge in [-0.3, -0.25) is 4.18 Å². The SMILES string of the molecule is CCCCCCCCCCCCCCCCCCCCOS(=O)(=O)C(F)CCCCCCCCC.[LiH]. The summed E-state index contributed by atoms with van der Waals surface area (Å²) in [4.78, 5) is 0. The van der Waals surface area contributed by atoms with Gasteiger partial charge in [0.1, 0.15) is 0 Å². The molecule has 0 heterocycles. The molecule has 1 unspecified atom stereocenters. The van der Waals surface area contributed by atoms with E-state index in [2.05, 4.69) is 13.8 Å². The van der Waals surface area contributed by atoms with Crippen molar-refractivity contribution in [3.8, 4) is 0 Å². The van der Waals surface area contributed by atoms with Crippen molar-refractivity contribution in [2.75, 3.05) is 6.61 Å². The van der Waals surface area contributed by atoms with Gasteiger partial charge in [-0.05, 0) is 19.3 Å². The second-order valence-electron chi connectivity index (χ2n) is 10.6. The molecular weight excluding hydrogens is 466 g/mol. The fourth-order valence-electron chi connectivity index (χ4n) is 4.66. The van der Waals surface area contributed by atoms with Crippen molar-refractivity contribution in [2.24, 2.45) is 0 Å². The van der Waals surface area contributed by atoms with Gasteiger partial charge in [-0.2, -0.15) is 8.42 Å². The van der Waals surface area contributed by atoms with E-state index in [9.17, 15) is 12.8 Å². The molecule has 0 aliphatic heterocycles. The minimum absolute atomic E-state index is 0. The number of alkyl halides is 1. The summed E-state index contributed by atoms with van der Waals surface area (Å²) in [6, 6.07) is 0. The van der Waals surface area contributed by atoms with Crippen molar-refractivity contribution in [3.63, 3.8) is 0 Å². The summed E-state index contributed by atoms with van der Waals surface area (Å²) in [5.41, 5.74) is -1.87. The van der Waals surface area contributed by atoms with Gasteiger partial charge in [-0.25, -0.2) is 4.39 Å². The van der Waals surface area contributed by atoms with Crippen LogP contribution in [0.4, 0.5) is 4.39 Å². The molecule has 36 heavy (non-hydrogen) atoms. The normalized spacial score (nSPS) is 12.5. The Balaban J connectivity index is 0. The van der Waals surface area contributed by atoms with Crippen LogP contribution in [-0.4, -0.2) is 39.4 Å². The van der Waals surface area contributed by atoms with E-state index in [0.29, 0.717) is 12.8 Å². The second kappa shape index (κ2) is 30.0. The van der Waals surface area contributed by atoms with Crippen molar-refractivity contribution in [1.82, 2.24) is 0 Å². The Morgan fingerprint density at radius 1 is 0.500 bits per heavy atom. The molecule has 0 rings (SSSR count). The van der Waals surface area contributed by atoms with Crippen molar-refractivity contribution < 1.29 is 17.0 Å². The topological polar surface area (TPSA) is 43.4 Å². The van der Waals surface area contributed by atoms with E-state index in [1.165, 1.54) is 116 Å². The van der Waals surface area contributed by atoms with Crippen LogP contribution in [0.3, 0.4) is 0 Å². The second-order valence-corrected chi connectivity index (χ2v) is 12.4. The third kappa shape index (κ3) is 27.5. The molecule has 0 saturated heterocycles. The average Bonchev–Trinajstić information content (AvgIpc) is 2.84. The fraction of sp³-hybridized carbons (Fsp3) is 1.00. The van der Waals surface area contributed by atoms with Gasteiger partial charge in [-0.1, -0.05) is 162 Å². The third-order valence-electron chi connectivity index (χ3n) is 7.09. The van der Waals surface area contributed by atoms with Gasteiger partial charge < -0.3 is 0 Å². The summed E-state index contributed by atoms with van der Waals surface area (Å²) in [6.07, 6.45) is 30.8. The number of rotatable bonds is 29. The molecule has 3 nitrogen and oxygen atoms in total. The monoisotopic (exact) mass is 528 g/mol. The summed E-state index contributed by atoms with van der Waals surface area (Å²) in [5, 5.41) is 0. The van der Waals surface area contributed by atoms with Gasteiger partial charge in [-0.15, -0.1) is 0 Å². The van der Waals surface area contributed by atoms with Crippen LogP contribution < -0.4 is 0 Å². The van der Waals surface area contributed by atoms with E-state index in [4.69, 9.17) is 4.18 Å². The zero-order valence-corrected chi connectivity index (χ0v) is 24.5. The zero-order chi connectivity index (χ0) is 25.9. The number of hydrogen-bond donors (Lipinski definition) is 0. The maximum absolute atomic E-state index is 14.0. The molecule has 214 valence electrons. The molecule has 0 spiro atoms. The summed E-state index contributed by atoms with van der Waals surface area (Å²) < 4.78 is 42.8. The molecule has 0 aromatic carbocycles. The van der Waals surface area contributed by atoms with Gasteiger partial charge in [0.25, 0.3) is 10.1 Å². The van der Waals surface area contributed by atoms with Crippen LogP contribution in [0.15, 0.2) is 0 Å². The Hall–Kier alpha value is 0.437. The molecule has 0 aliphatic rings. The predicted molar refractivity (Wildman–Crippen MR) is 158 cm³/mol. The molecule has 0 bridgehead atoms. The van der Waals surface area contributed by atoms with Crippen LogP contribution in [0.5, 0.6) is 0 Å². The molecule has 0 N–H and O–H groups in total. The molecule has 0 fully saturated rings. The molecule has 0 aromatic heterocycles. The van der Waals surface area contributed by atoms with E-state index >= 15 is 0 Å². The van der Waals surface area contributed by atoms with E-state index in [1.54, 1.807) is 0 Å². The first-order chi connectivity index (χ1) is 17.0. The van der Waals surface area contributed by atoms with Crippen LogP contribution in [0.1, 0.15) is 181 Å². The molecule has 0 aliphatic carbocycles. The van der Waals surface area contributed by atoms with Gasteiger partial charge in [0.2, 0.25) is 5.50 Å². The van der Waals surface area contributed by atoms with Gasteiger partial charge >= 0.3 is 18.9 Å². The number of unbranched alkanes of at least 4 members (excludes halogenated alkanes) is 23. The van der Waals surface area contributed by atoms with Crippen molar-refractivity contribution in [2.45, 2.75) is 186 Å². The molecular formula is C30H62FLiO3S. The van der Waals surface area contributed by atoms with Crippen LogP contribution in [-0.2, 0) is 14.3 Å². The first-order valence-corrected chi connectivity index (χ1v) is 17.0. The Labute approximate surface area is 238 Å². The number of halogens is 1. The quantitative estimate of drug-likeness (QED) is 0.0551. The molecule has 0 radical (unpaired) electrons. The van der Waals surface area contributed by atoms with Gasteiger partial charge in [0.05, 0.1) is 6.61 Å². The first kappa shape index (κ1) is 38.6. The van der Waals surface area contributed by atoms with E-state index in [-0.39, 0.29) is 31.9 Å². The van der Waals surface area contributed by atoms with Crippen molar-refractivity contribution in [1.29, 1.82) is 0 Å².